The van der Waals surface area contributed by atoms with Gasteiger partial charge in [-0.2, -0.15) is 13.2 Å². The third kappa shape index (κ3) is 3.96. The second-order valence-corrected chi connectivity index (χ2v) is 5.14. The molecule has 1 N–H and O–H groups in total. The number of rotatable bonds is 4. The van der Waals surface area contributed by atoms with Crippen molar-refractivity contribution < 1.29 is 13.2 Å². The Balaban J connectivity index is 2.07. The molecular formula is C14H12BrF3N2. The lowest BCUT2D eigenvalue weighted by Crippen LogP contribution is -2.12. The minimum Gasteiger partial charge on any atom is -0.384 e. The second-order valence-electron chi connectivity index (χ2n) is 4.22. The van der Waals surface area contributed by atoms with E-state index in [2.05, 4.69) is 26.2 Å². The first-order valence-corrected chi connectivity index (χ1v) is 6.75. The third-order valence-corrected chi connectivity index (χ3v) is 3.26. The third-order valence-electron chi connectivity index (χ3n) is 2.77. The summed E-state index contributed by atoms with van der Waals surface area (Å²) >= 11 is 3.18. The van der Waals surface area contributed by atoms with Crippen LogP contribution >= 0.6 is 15.9 Å². The van der Waals surface area contributed by atoms with Gasteiger partial charge in [0.15, 0.2) is 0 Å². The molecule has 20 heavy (non-hydrogen) atoms. The molecule has 0 aliphatic carbocycles. The van der Waals surface area contributed by atoms with Crippen LogP contribution in [-0.2, 0) is 12.6 Å². The van der Waals surface area contributed by atoms with Gasteiger partial charge in [-0.05, 0) is 42.3 Å². The summed E-state index contributed by atoms with van der Waals surface area (Å²) in [6.07, 6.45) is -0.406. The Labute approximate surface area is 123 Å². The second kappa shape index (κ2) is 6.26. The fourth-order valence-electron chi connectivity index (χ4n) is 1.80. The number of nitrogens with one attached hydrogen (secondary N) is 1. The molecule has 106 valence electrons. The zero-order chi connectivity index (χ0) is 14.6. The first kappa shape index (κ1) is 14.8. The van der Waals surface area contributed by atoms with Gasteiger partial charge < -0.3 is 5.32 Å². The first-order chi connectivity index (χ1) is 9.47. The van der Waals surface area contributed by atoms with Crippen LogP contribution in [0, 0.1) is 0 Å². The lowest BCUT2D eigenvalue weighted by molar-refractivity contribution is -0.136. The predicted octanol–water partition coefficient (Wildman–Crippen LogP) is 4.52. The Kier molecular flexibility index (Phi) is 4.65. The molecule has 0 fully saturated rings. The van der Waals surface area contributed by atoms with Crippen molar-refractivity contribution in [1.29, 1.82) is 0 Å². The van der Waals surface area contributed by atoms with E-state index in [-0.39, 0.29) is 5.69 Å². The largest absolute Gasteiger partial charge is 0.418 e. The Morgan fingerprint density at radius 1 is 1.10 bits per heavy atom. The van der Waals surface area contributed by atoms with Crippen molar-refractivity contribution in [2.75, 3.05) is 11.9 Å². The number of halogens is 4. The van der Waals surface area contributed by atoms with Crippen LogP contribution in [-0.4, -0.2) is 11.5 Å². The summed E-state index contributed by atoms with van der Waals surface area (Å²) in [5, 5.41) is 2.84. The molecule has 2 rings (SSSR count). The Morgan fingerprint density at radius 2 is 1.80 bits per heavy atom. The van der Waals surface area contributed by atoms with Crippen LogP contribution in [0.15, 0.2) is 47.2 Å². The maximum absolute atomic E-state index is 12.9. The highest BCUT2D eigenvalue weighted by Crippen LogP contribution is 2.36. The number of nitrogens with zero attached hydrogens (tertiary/aromatic N) is 1. The molecule has 0 bridgehead atoms. The molecule has 0 amide bonds. The van der Waals surface area contributed by atoms with E-state index < -0.39 is 11.7 Å². The van der Waals surface area contributed by atoms with Crippen molar-refractivity contribution in [2.24, 2.45) is 0 Å². The average molecular weight is 345 g/mol. The fraction of sp³-hybridized carbons (Fsp3) is 0.214. The van der Waals surface area contributed by atoms with Crippen LogP contribution in [0.2, 0.25) is 0 Å². The zero-order valence-corrected chi connectivity index (χ0v) is 12.0. The van der Waals surface area contributed by atoms with Gasteiger partial charge in [0.1, 0.15) is 0 Å². The highest BCUT2D eigenvalue weighted by atomic mass is 79.9. The molecule has 0 spiro atoms. The van der Waals surface area contributed by atoms with Crippen LogP contribution in [0.25, 0.3) is 0 Å². The Bertz CT molecular complexity index is 570. The van der Waals surface area contributed by atoms with E-state index in [0.717, 1.165) is 11.6 Å². The molecule has 1 aromatic heterocycles. The number of aromatic nitrogens is 1. The van der Waals surface area contributed by atoms with Crippen molar-refractivity contribution in [2.45, 2.75) is 12.6 Å². The first-order valence-electron chi connectivity index (χ1n) is 5.96. The number of alkyl halides is 3. The minimum absolute atomic E-state index is 0.0842. The molecule has 2 nitrogen and oxygen atoms in total. The van der Waals surface area contributed by atoms with Crippen LogP contribution in [0.1, 0.15) is 11.1 Å². The quantitative estimate of drug-likeness (QED) is 0.882. The van der Waals surface area contributed by atoms with Crippen molar-refractivity contribution >= 4 is 21.6 Å². The van der Waals surface area contributed by atoms with Crippen molar-refractivity contribution in [3.8, 4) is 0 Å². The molecule has 0 saturated carbocycles. The van der Waals surface area contributed by atoms with Crippen molar-refractivity contribution in [3.63, 3.8) is 0 Å². The summed E-state index contributed by atoms with van der Waals surface area (Å²) in [5.41, 5.74) is 0.451. The summed E-state index contributed by atoms with van der Waals surface area (Å²) in [5.74, 6) is 0. The zero-order valence-electron chi connectivity index (χ0n) is 10.4. The van der Waals surface area contributed by atoms with Crippen LogP contribution < -0.4 is 5.32 Å². The van der Waals surface area contributed by atoms with Gasteiger partial charge in [0.25, 0.3) is 0 Å². The van der Waals surface area contributed by atoms with Crippen LogP contribution in [0.3, 0.4) is 0 Å². The highest BCUT2D eigenvalue weighted by Gasteiger charge is 2.33. The number of hydrogen-bond donors (Lipinski definition) is 1. The molecule has 6 heteroatoms. The monoisotopic (exact) mass is 344 g/mol. The van der Waals surface area contributed by atoms with Gasteiger partial charge in [-0.1, -0.05) is 15.9 Å². The van der Waals surface area contributed by atoms with Gasteiger partial charge in [0.2, 0.25) is 0 Å². The van der Waals surface area contributed by atoms with Crippen molar-refractivity contribution in [3.05, 3.63) is 58.3 Å². The molecular weight excluding hydrogens is 333 g/mol. The molecule has 0 unspecified atom stereocenters. The maximum atomic E-state index is 12.9. The van der Waals surface area contributed by atoms with Gasteiger partial charge >= 0.3 is 6.18 Å². The smallest absolute Gasteiger partial charge is 0.384 e. The van der Waals surface area contributed by atoms with E-state index in [0.29, 0.717) is 17.4 Å². The summed E-state index contributed by atoms with van der Waals surface area (Å²) < 4.78 is 39.2. The maximum Gasteiger partial charge on any atom is 0.418 e. The molecule has 0 radical (unpaired) electrons. The van der Waals surface area contributed by atoms with Gasteiger partial charge in [-0.15, -0.1) is 0 Å². The topological polar surface area (TPSA) is 24.9 Å². The molecule has 2 aromatic rings. The van der Waals surface area contributed by atoms with E-state index in [4.69, 9.17) is 0 Å². The Morgan fingerprint density at radius 3 is 2.45 bits per heavy atom. The summed E-state index contributed by atoms with van der Waals surface area (Å²) in [4.78, 5) is 3.89. The summed E-state index contributed by atoms with van der Waals surface area (Å²) in [6.45, 7) is 0.420. The molecule has 0 aliphatic heterocycles. The number of pyridine rings is 1. The van der Waals surface area contributed by atoms with Gasteiger partial charge in [-0.3, -0.25) is 4.98 Å². The summed E-state index contributed by atoms with van der Waals surface area (Å²) in [7, 11) is 0. The van der Waals surface area contributed by atoms with Gasteiger partial charge in [0.05, 0.1) is 5.56 Å². The van der Waals surface area contributed by atoms with Crippen LogP contribution in [0.5, 0.6) is 0 Å². The number of benzene rings is 1. The normalized spacial score (nSPS) is 11.4. The van der Waals surface area contributed by atoms with E-state index in [9.17, 15) is 13.2 Å². The van der Waals surface area contributed by atoms with E-state index in [1.54, 1.807) is 12.4 Å². The standard InChI is InChI=1S/C14H12BrF3N2/c15-11-1-2-12(14(16,17)18)13(9-11)20-8-5-10-3-6-19-7-4-10/h1-4,6-7,9,20H,5,8H2. The SMILES string of the molecule is FC(F)(F)c1ccc(Br)cc1NCCc1ccncc1. The lowest BCUT2D eigenvalue weighted by atomic mass is 10.1. The van der Waals surface area contributed by atoms with Gasteiger partial charge in [0, 0.05) is 29.1 Å². The molecule has 1 heterocycles. The minimum atomic E-state index is -4.36. The number of anilines is 1. The fourth-order valence-corrected chi connectivity index (χ4v) is 2.16. The Hall–Kier alpha value is -1.56. The van der Waals surface area contributed by atoms with Gasteiger partial charge in [-0.25, -0.2) is 0 Å². The predicted molar refractivity (Wildman–Crippen MR) is 75.6 cm³/mol. The molecule has 0 atom stereocenters. The number of hydrogen-bond acceptors (Lipinski definition) is 2. The highest BCUT2D eigenvalue weighted by molar-refractivity contribution is 9.10. The molecule has 0 saturated heterocycles. The van der Waals surface area contributed by atoms with Crippen molar-refractivity contribution in [1.82, 2.24) is 4.98 Å². The van der Waals surface area contributed by atoms with Crippen LogP contribution in [0.4, 0.5) is 18.9 Å². The average Bonchev–Trinajstić information content (AvgIpc) is 2.38. The van der Waals surface area contributed by atoms with E-state index >= 15 is 0 Å². The summed E-state index contributed by atoms with van der Waals surface area (Å²) in [6, 6.07) is 7.58. The molecule has 0 aliphatic rings. The van der Waals surface area contributed by atoms with E-state index in [1.807, 2.05) is 12.1 Å². The van der Waals surface area contributed by atoms with E-state index in [1.165, 1.54) is 12.1 Å². The molecule has 1 aromatic carbocycles. The lowest BCUT2D eigenvalue weighted by Gasteiger charge is -2.15.